The monoisotopic (exact) mass is 716 g/mol. The van der Waals surface area contributed by atoms with Crippen molar-refractivity contribution in [2.75, 3.05) is 0 Å². The molecule has 0 unspecified atom stereocenters. The number of benzene rings is 8. The molecular formula is C52H36N4. The lowest BCUT2D eigenvalue weighted by Gasteiger charge is -2.15. The number of rotatable bonds is 6. The average molecular weight is 717 g/mol. The Bertz CT molecular complexity index is 2970. The lowest BCUT2D eigenvalue weighted by atomic mass is 9.90. The minimum absolute atomic E-state index is 0.672. The second kappa shape index (κ2) is 13.8. The van der Waals surface area contributed by atoms with Crippen LogP contribution in [-0.4, -0.2) is 19.9 Å². The summed E-state index contributed by atoms with van der Waals surface area (Å²) >= 11 is 0. The van der Waals surface area contributed by atoms with Crippen molar-refractivity contribution < 1.29 is 0 Å². The SMILES string of the molecule is Cc1cc(C)nc(-c2ccc(-c3cc(-c4ccc5c6ccccc6c6ccccc6c5c4)cc(-c4nc(-c5ccccc5)cc(-c5ccccc5)n4)c3)cc2)n1. The van der Waals surface area contributed by atoms with E-state index in [2.05, 4.69) is 164 Å². The zero-order chi connectivity index (χ0) is 37.6. The van der Waals surface area contributed by atoms with Crippen LogP contribution in [0.4, 0.5) is 0 Å². The van der Waals surface area contributed by atoms with Crippen molar-refractivity contribution in [2.45, 2.75) is 13.8 Å². The lowest BCUT2D eigenvalue weighted by Crippen LogP contribution is -1.97. The summed E-state index contributed by atoms with van der Waals surface area (Å²) in [4.78, 5) is 19.9. The maximum Gasteiger partial charge on any atom is 0.160 e. The van der Waals surface area contributed by atoms with Crippen molar-refractivity contribution in [2.24, 2.45) is 0 Å². The maximum atomic E-state index is 5.24. The molecule has 10 aromatic rings. The molecule has 0 amide bonds. The fourth-order valence-corrected chi connectivity index (χ4v) is 7.93. The van der Waals surface area contributed by atoms with E-state index >= 15 is 0 Å². The molecule has 0 radical (unpaired) electrons. The molecule has 0 bridgehead atoms. The minimum atomic E-state index is 0.672. The minimum Gasteiger partial charge on any atom is -0.233 e. The molecule has 56 heavy (non-hydrogen) atoms. The van der Waals surface area contributed by atoms with Gasteiger partial charge in [0.05, 0.1) is 11.4 Å². The van der Waals surface area contributed by atoms with Crippen molar-refractivity contribution in [3.05, 3.63) is 193 Å². The second-order valence-corrected chi connectivity index (χ2v) is 14.4. The molecule has 0 spiro atoms. The zero-order valence-corrected chi connectivity index (χ0v) is 31.1. The highest BCUT2D eigenvalue weighted by Crippen LogP contribution is 2.39. The third-order valence-corrected chi connectivity index (χ3v) is 10.6. The van der Waals surface area contributed by atoms with Crippen LogP contribution in [0.3, 0.4) is 0 Å². The quantitative estimate of drug-likeness (QED) is 0.161. The Morgan fingerprint density at radius 3 is 1.21 bits per heavy atom. The molecule has 10 rings (SSSR count). The van der Waals surface area contributed by atoms with E-state index < -0.39 is 0 Å². The average Bonchev–Trinajstić information content (AvgIpc) is 3.26. The van der Waals surface area contributed by atoms with Crippen molar-refractivity contribution in [1.29, 1.82) is 0 Å². The highest BCUT2D eigenvalue weighted by molar-refractivity contribution is 6.25. The number of hydrogen-bond acceptors (Lipinski definition) is 4. The standard InChI is InChI=1S/C52H36N4/c1-33-27-34(2)54-51(53-33)38-23-21-35(22-24-38)40-28-41(39-25-26-47-45-19-10-9-17-43(45)44-18-11-12-20-46(44)48(47)31-39)30-42(29-40)52-55-49(36-13-5-3-6-14-36)32-50(56-52)37-15-7-4-8-16-37/h3-32H,1-2H3. The Balaban J connectivity index is 1.19. The first-order valence-corrected chi connectivity index (χ1v) is 19.0. The molecule has 0 atom stereocenters. The van der Waals surface area contributed by atoms with Crippen LogP contribution in [0.15, 0.2) is 182 Å². The summed E-state index contributed by atoms with van der Waals surface area (Å²) in [5.41, 5.74) is 12.1. The van der Waals surface area contributed by atoms with Crippen LogP contribution in [0.5, 0.6) is 0 Å². The summed E-state index contributed by atoms with van der Waals surface area (Å²) < 4.78 is 0. The Hall–Kier alpha value is -7.30. The molecule has 4 heteroatoms. The predicted octanol–water partition coefficient (Wildman–Crippen LogP) is 13.3. The largest absolute Gasteiger partial charge is 0.233 e. The van der Waals surface area contributed by atoms with Gasteiger partial charge in [0.2, 0.25) is 0 Å². The van der Waals surface area contributed by atoms with Gasteiger partial charge >= 0.3 is 0 Å². The van der Waals surface area contributed by atoms with E-state index in [-0.39, 0.29) is 0 Å². The number of aromatic nitrogens is 4. The molecule has 0 aliphatic rings. The van der Waals surface area contributed by atoms with Crippen LogP contribution in [0, 0.1) is 13.8 Å². The molecule has 0 aliphatic carbocycles. The lowest BCUT2D eigenvalue weighted by molar-refractivity contribution is 1.06. The van der Waals surface area contributed by atoms with Gasteiger partial charge in [0.1, 0.15) is 0 Å². The van der Waals surface area contributed by atoms with E-state index in [1.54, 1.807) is 0 Å². The van der Waals surface area contributed by atoms with Crippen LogP contribution in [0.1, 0.15) is 11.4 Å². The number of hydrogen-bond donors (Lipinski definition) is 0. The van der Waals surface area contributed by atoms with E-state index in [1.165, 1.54) is 32.3 Å². The van der Waals surface area contributed by atoms with Gasteiger partial charge in [0.15, 0.2) is 11.6 Å². The molecule has 2 heterocycles. The summed E-state index contributed by atoms with van der Waals surface area (Å²) in [6.45, 7) is 4.02. The van der Waals surface area contributed by atoms with Crippen LogP contribution < -0.4 is 0 Å². The van der Waals surface area contributed by atoms with Crippen LogP contribution in [0.25, 0.3) is 99.9 Å². The Morgan fingerprint density at radius 1 is 0.250 bits per heavy atom. The molecule has 0 N–H and O–H groups in total. The van der Waals surface area contributed by atoms with Gasteiger partial charge in [0.25, 0.3) is 0 Å². The summed E-state index contributed by atoms with van der Waals surface area (Å²) in [6.07, 6.45) is 0. The van der Waals surface area contributed by atoms with Gasteiger partial charge in [-0.2, -0.15) is 0 Å². The van der Waals surface area contributed by atoms with Gasteiger partial charge in [-0.15, -0.1) is 0 Å². The molecule has 0 saturated heterocycles. The van der Waals surface area contributed by atoms with Gasteiger partial charge in [-0.1, -0.05) is 146 Å². The van der Waals surface area contributed by atoms with Crippen LogP contribution in [-0.2, 0) is 0 Å². The van der Waals surface area contributed by atoms with E-state index in [4.69, 9.17) is 19.9 Å². The fraction of sp³-hybridized carbons (Fsp3) is 0.0385. The summed E-state index contributed by atoms with van der Waals surface area (Å²) in [6, 6.07) is 64.4. The molecule has 0 saturated carbocycles. The third-order valence-electron chi connectivity index (χ3n) is 10.6. The normalized spacial score (nSPS) is 11.4. The first-order chi connectivity index (χ1) is 27.5. The molecule has 0 fully saturated rings. The fourth-order valence-electron chi connectivity index (χ4n) is 7.93. The summed E-state index contributed by atoms with van der Waals surface area (Å²) in [7, 11) is 0. The Kier molecular flexibility index (Phi) is 8.23. The predicted molar refractivity (Wildman–Crippen MR) is 232 cm³/mol. The molecule has 0 aliphatic heterocycles. The van der Waals surface area contributed by atoms with E-state index in [0.29, 0.717) is 5.82 Å². The first kappa shape index (κ1) is 33.3. The summed E-state index contributed by atoms with van der Waals surface area (Å²) in [5.74, 6) is 1.41. The van der Waals surface area contributed by atoms with Gasteiger partial charge < -0.3 is 0 Å². The smallest absolute Gasteiger partial charge is 0.160 e. The molecule has 4 nitrogen and oxygen atoms in total. The highest BCUT2D eigenvalue weighted by Gasteiger charge is 2.16. The zero-order valence-electron chi connectivity index (χ0n) is 31.1. The Morgan fingerprint density at radius 2 is 0.661 bits per heavy atom. The highest BCUT2D eigenvalue weighted by atomic mass is 14.9. The number of fused-ring (bicyclic) bond motifs is 6. The van der Waals surface area contributed by atoms with E-state index in [9.17, 15) is 0 Å². The molecule has 264 valence electrons. The van der Waals surface area contributed by atoms with Gasteiger partial charge in [-0.25, -0.2) is 19.9 Å². The first-order valence-electron chi connectivity index (χ1n) is 19.0. The summed E-state index contributed by atoms with van der Waals surface area (Å²) in [5, 5.41) is 7.51. The van der Waals surface area contributed by atoms with Crippen molar-refractivity contribution >= 4 is 32.3 Å². The van der Waals surface area contributed by atoms with E-state index in [1.807, 2.05) is 32.0 Å². The van der Waals surface area contributed by atoms with Gasteiger partial charge in [-0.3, -0.25) is 0 Å². The molecule has 2 aromatic heterocycles. The van der Waals surface area contributed by atoms with Crippen LogP contribution in [0.2, 0.25) is 0 Å². The van der Waals surface area contributed by atoms with E-state index in [0.717, 1.165) is 73.1 Å². The maximum absolute atomic E-state index is 5.24. The topological polar surface area (TPSA) is 51.6 Å². The second-order valence-electron chi connectivity index (χ2n) is 14.4. The van der Waals surface area contributed by atoms with Crippen molar-refractivity contribution in [3.8, 4) is 67.5 Å². The molecule has 8 aromatic carbocycles. The van der Waals surface area contributed by atoms with Gasteiger partial charge in [0, 0.05) is 33.6 Å². The number of aryl methyl sites for hydroxylation is 2. The van der Waals surface area contributed by atoms with Crippen LogP contribution >= 0.6 is 0 Å². The van der Waals surface area contributed by atoms with Crippen molar-refractivity contribution in [3.63, 3.8) is 0 Å². The Labute approximate surface area is 325 Å². The molecular weight excluding hydrogens is 681 g/mol. The third kappa shape index (κ3) is 6.17. The van der Waals surface area contributed by atoms with Crippen molar-refractivity contribution in [1.82, 2.24) is 19.9 Å². The number of nitrogens with zero attached hydrogens (tertiary/aromatic N) is 4. The van der Waals surface area contributed by atoms with Gasteiger partial charge in [-0.05, 0) is 105 Å².